The summed E-state index contributed by atoms with van der Waals surface area (Å²) in [6.07, 6.45) is 3.13. The fraction of sp³-hybridized carbons (Fsp3) is 0.0952. The minimum Gasteiger partial charge on any atom is -0.465 e. The van der Waals surface area contributed by atoms with E-state index in [-0.39, 0.29) is 12.7 Å². The summed E-state index contributed by atoms with van der Waals surface area (Å²) in [5, 5.41) is 5.07. The third-order valence-corrected chi connectivity index (χ3v) is 4.92. The van der Waals surface area contributed by atoms with Crippen molar-refractivity contribution in [3.8, 4) is 22.8 Å². The van der Waals surface area contributed by atoms with Gasteiger partial charge in [-0.2, -0.15) is 0 Å². The monoisotopic (exact) mass is 408 g/mol. The summed E-state index contributed by atoms with van der Waals surface area (Å²) in [5.74, 6) is 0.679. The van der Waals surface area contributed by atoms with Crippen molar-refractivity contribution < 1.29 is 23.8 Å². The molecule has 146 valence electrons. The molecular formula is C21H16N2O5S. The zero-order valence-corrected chi connectivity index (χ0v) is 16.2. The first-order chi connectivity index (χ1) is 14.1. The summed E-state index contributed by atoms with van der Waals surface area (Å²) in [6, 6.07) is 12.4. The molecule has 7 nitrogen and oxygen atoms in total. The number of methoxy groups -OCH3 is 1. The molecule has 1 aliphatic rings. The van der Waals surface area contributed by atoms with Gasteiger partial charge in [0.25, 0.3) is 0 Å². The Balaban J connectivity index is 1.39. The van der Waals surface area contributed by atoms with E-state index in [0.29, 0.717) is 27.9 Å². The molecule has 1 N–H and O–H groups in total. The van der Waals surface area contributed by atoms with E-state index in [1.165, 1.54) is 24.5 Å². The van der Waals surface area contributed by atoms with Crippen LogP contribution in [0.15, 0.2) is 53.9 Å². The van der Waals surface area contributed by atoms with Crippen LogP contribution in [-0.2, 0) is 9.53 Å². The SMILES string of the molecule is COC(=O)c1ccc(-c2csc(NC(=O)C=Cc3ccc4c(c3)OCO4)n2)cc1. The third-order valence-electron chi connectivity index (χ3n) is 4.16. The largest absolute Gasteiger partial charge is 0.465 e. The zero-order valence-electron chi connectivity index (χ0n) is 15.4. The second kappa shape index (κ2) is 8.15. The average Bonchev–Trinajstić information content (AvgIpc) is 3.41. The maximum absolute atomic E-state index is 12.2. The summed E-state index contributed by atoms with van der Waals surface area (Å²) in [5.41, 5.74) is 2.84. The molecule has 0 spiro atoms. The highest BCUT2D eigenvalue weighted by atomic mass is 32.1. The van der Waals surface area contributed by atoms with Crippen LogP contribution in [0.3, 0.4) is 0 Å². The number of nitrogens with one attached hydrogen (secondary N) is 1. The van der Waals surface area contributed by atoms with Gasteiger partial charge in [-0.15, -0.1) is 11.3 Å². The predicted octanol–water partition coefficient (Wildman–Crippen LogP) is 3.98. The number of rotatable bonds is 5. The van der Waals surface area contributed by atoms with Crippen molar-refractivity contribution in [1.29, 1.82) is 0 Å². The lowest BCUT2D eigenvalue weighted by Gasteiger charge is -2.01. The number of thiazole rings is 1. The second-order valence-corrected chi connectivity index (χ2v) is 6.90. The lowest BCUT2D eigenvalue weighted by Crippen LogP contribution is -2.07. The molecule has 0 bridgehead atoms. The number of aromatic nitrogens is 1. The number of nitrogens with zero attached hydrogens (tertiary/aromatic N) is 1. The highest BCUT2D eigenvalue weighted by molar-refractivity contribution is 7.14. The van der Waals surface area contributed by atoms with Crippen molar-refractivity contribution >= 4 is 34.4 Å². The van der Waals surface area contributed by atoms with E-state index in [1.54, 1.807) is 36.4 Å². The van der Waals surface area contributed by atoms with Crippen molar-refractivity contribution in [2.45, 2.75) is 0 Å². The molecule has 0 saturated heterocycles. The zero-order chi connectivity index (χ0) is 20.2. The summed E-state index contributed by atoms with van der Waals surface area (Å²) < 4.78 is 15.3. The topological polar surface area (TPSA) is 86.8 Å². The summed E-state index contributed by atoms with van der Waals surface area (Å²) >= 11 is 1.32. The number of fused-ring (bicyclic) bond motifs is 1. The quantitative estimate of drug-likeness (QED) is 0.508. The van der Waals surface area contributed by atoms with E-state index in [2.05, 4.69) is 15.0 Å². The van der Waals surface area contributed by atoms with E-state index in [4.69, 9.17) is 9.47 Å². The van der Waals surface area contributed by atoms with Crippen LogP contribution in [-0.4, -0.2) is 30.8 Å². The van der Waals surface area contributed by atoms with Crippen LogP contribution in [0, 0.1) is 0 Å². The summed E-state index contributed by atoms with van der Waals surface area (Å²) in [6.45, 7) is 0.209. The van der Waals surface area contributed by atoms with E-state index < -0.39 is 5.97 Å². The number of anilines is 1. The first kappa shape index (κ1) is 18.7. The first-order valence-electron chi connectivity index (χ1n) is 8.65. The van der Waals surface area contributed by atoms with Crippen LogP contribution in [0.5, 0.6) is 11.5 Å². The van der Waals surface area contributed by atoms with Gasteiger partial charge in [-0.1, -0.05) is 18.2 Å². The van der Waals surface area contributed by atoms with Gasteiger partial charge in [0, 0.05) is 17.0 Å². The van der Waals surface area contributed by atoms with Crippen molar-refractivity contribution in [3.05, 3.63) is 65.0 Å². The number of carbonyl (C=O) groups is 2. The Morgan fingerprint density at radius 3 is 2.72 bits per heavy atom. The molecule has 0 saturated carbocycles. The molecule has 0 aliphatic carbocycles. The maximum atomic E-state index is 12.2. The van der Waals surface area contributed by atoms with E-state index in [0.717, 1.165) is 11.1 Å². The van der Waals surface area contributed by atoms with Gasteiger partial charge >= 0.3 is 5.97 Å². The maximum Gasteiger partial charge on any atom is 0.337 e. The Kier molecular flexibility index (Phi) is 5.26. The van der Waals surface area contributed by atoms with Gasteiger partial charge in [-0.05, 0) is 35.9 Å². The molecule has 2 heterocycles. The standard InChI is InChI=1S/C21H16N2O5S/c1-26-20(25)15-6-4-14(5-7-15)16-11-29-21(22-16)23-19(24)9-3-13-2-8-17-18(10-13)28-12-27-17/h2-11H,12H2,1H3,(H,22,23,24). The lowest BCUT2D eigenvalue weighted by molar-refractivity contribution is -0.111. The van der Waals surface area contributed by atoms with Crippen LogP contribution >= 0.6 is 11.3 Å². The van der Waals surface area contributed by atoms with Crippen LogP contribution in [0.2, 0.25) is 0 Å². The normalized spacial score (nSPS) is 12.2. The minimum absolute atomic E-state index is 0.209. The van der Waals surface area contributed by atoms with E-state index >= 15 is 0 Å². The Morgan fingerprint density at radius 2 is 1.93 bits per heavy atom. The highest BCUT2D eigenvalue weighted by Gasteiger charge is 2.12. The molecule has 29 heavy (non-hydrogen) atoms. The van der Waals surface area contributed by atoms with Crippen molar-refractivity contribution in [2.24, 2.45) is 0 Å². The molecule has 4 rings (SSSR count). The van der Waals surface area contributed by atoms with Crippen molar-refractivity contribution in [2.75, 3.05) is 19.2 Å². The molecule has 3 aromatic rings. The van der Waals surface area contributed by atoms with Crippen LogP contribution in [0.1, 0.15) is 15.9 Å². The molecule has 1 amide bonds. The molecular weight excluding hydrogens is 392 g/mol. The number of hydrogen-bond donors (Lipinski definition) is 1. The fourth-order valence-electron chi connectivity index (χ4n) is 2.69. The molecule has 0 radical (unpaired) electrons. The fourth-order valence-corrected chi connectivity index (χ4v) is 3.42. The van der Waals surface area contributed by atoms with Gasteiger partial charge in [-0.3, -0.25) is 10.1 Å². The first-order valence-corrected chi connectivity index (χ1v) is 9.53. The molecule has 8 heteroatoms. The summed E-state index contributed by atoms with van der Waals surface area (Å²) in [7, 11) is 1.34. The number of carbonyl (C=O) groups excluding carboxylic acids is 2. The van der Waals surface area contributed by atoms with E-state index in [9.17, 15) is 9.59 Å². The molecule has 1 aliphatic heterocycles. The van der Waals surface area contributed by atoms with Crippen LogP contribution in [0.25, 0.3) is 17.3 Å². The Hall–Kier alpha value is -3.65. The van der Waals surface area contributed by atoms with Crippen molar-refractivity contribution in [1.82, 2.24) is 4.98 Å². The predicted molar refractivity (Wildman–Crippen MR) is 109 cm³/mol. The smallest absolute Gasteiger partial charge is 0.337 e. The number of amides is 1. The average molecular weight is 408 g/mol. The molecule has 1 aromatic heterocycles. The molecule has 2 aromatic carbocycles. The second-order valence-electron chi connectivity index (χ2n) is 6.04. The number of esters is 1. The van der Waals surface area contributed by atoms with E-state index in [1.807, 2.05) is 17.5 Å². The van der Waals surface area contributed by atoms with Crippen LogP contribution < -0.4 is 14.8 Å². The van der Waals surface area contributed by atoms with Gasteiger partial charge in [0.15, 0.2) is 16.6 Å². The van der Waals surface area contributed by atoms with Crippen molar-refractivity contribution in [3.63, 3.8) is 0 Å². The van der Waals surface area contributed by atoms with Gasteiger partial charge in [-0.25, -0.2) is 9.78 Å². The Labute approximate surface area is 170 Å². The third kappa shape index (κ3) is 4.27. The number of hydrogen-bond acceptors (Lipinski definition) is 7. The Morgan fingerprint density at radius 1 is 1.14 bits per heavy atom. The van der Waals surface area contributed by atoms with Gasteiger partial charge in [0.1, 0.15) is 0 Å². The summed E-state index contributed by atoms with van der Waals surface area (Å²) in [4.78, 5) is 28.1. The number of ether oxygens (including phenoxy) is 3. The molecule has 0 unspecified atom stereocenters. The lowest BCUT2D eigenvalue weighted by atomic mass is 10.1. The van der Waals surface area contributed by atoms with Gasteiger partial charge in [0.05, 0.1) is 18.4 Å². The highest BCUT2D eigenvalue weighted by Crippen LogP contribution is 2.32. The van der Waals surface area contributed by atoms with Crippen LogP contribution in [0.4, 0.5) is 5.13 Å². The van der Waals surface area contributed by atoms with Gasteiger partial charge < -0.3 is 14.2 Å². The number of benzene rings is 2. The minimum atomic E-state index is -0.392. The molecule has 0 fully saturated rings. The Bertz CT molecular complexity index is 1090. The van der Waals surface area contributed by atoms with Gasteiger partial charge in [0.2, 0.25) is 12.7 Å². The molecule has 0 atom stereocenters.